The molecule has 0 atom stereocenters. The van der Waals surface area contributed by atoms with E-state index >= 15 is 0 Å². The first-order valence-corrected chi connectivity index (χ1v) is 3.23. The predicted molar refractivity (Wildman–Crippen MR) is 41.0 cm³/mol. The van der Waals surface area contributed by atoms with E-state index in [4.69, 9.17) is 10.8 Å². The SMILES string of the molecule is C#CCONC(=O)c1ccco1. The van der Waals surface area contributed by atoms with Crippen molar-refractivity contribution in [3.05, 3.63) is 24.2 Å². The largest absolute Gasteiger partial charge is 0.459 e. The van der Waals surface area contributed by atoms with Crippen LogP contribution in [0, 0.1) is 12.3 Å². The first kappa shape index (κ1) is 8.37. The lowest BCUT2D eigenvalue weighted by Gasteiger charge is -1.98. The maximum Gasteiger partial charge on any atom is 0.310 e. The Balaban J connectivity index is 2.36. The van der Waals surface area contributed by atoms with Crippen molar-refractivity contribution in [2.24, 2.45) is 0 Å². The molecule has 0 aliphatic carbocycles. The minimum Gasteiger partial charge on any atom is -0.459 e. The van der Waals surface area contributed by atoms with E-state index in [1.807, 2.05) is 0 Å². The number of hydrogen-bond acceptors (Lipinski definition) is 3. The standard InChI is InChI=1S/C8H7NO3/c1-2-5-12-9-8(10)7-4-3-6-11-7/h1,3-4,6H,5H2,(H,9,10). The average Bonchev–Trinajstić information content (AvgIpc) is 2.56. The van der Waals surface area contributed by atoms with Crippen LogP contribution < -0.4 is 5.48 Å². The summed E-state index contributed by atoms with van der Waals surface area (Å²) < 4.78 is 4.78. The maximum absolute atomic E-state index is 11.0. The summed E-state index contributed by atoms with van der Waals surface area (Å²) in [6.07, 6.45) is 6.28. The van der Waals surface area contributed by atoms with Crippen molar-refractivity contribution in [1.29, 1.82) is 0 Å². The van der Waals surface area contributed by atoms with E-state index in [0.29, 0.717) is 0 Å². The van der Waals surface area contributed by atoms with Gasteiger partial charge in [-0.3, -0.25) is 9.63 Å². The smallest absolute Gasteiger partial charge is 0.310 e. The van der Waals surface area contributed by atoms with Gasteiger partial charge in [-0.05, 0) is 12.1 Å². The van der Waals surface area contributed by atoms with Crippen molar-refractivity contribution >= 4 is 5.91 Å². The summed E-state index contributed by atoms with van der Waals surface area (Å²) in [5.74, 6) is 1.94. The molecule has 1 aromatic heterocycles. The second-order valence-corrected chi connectivity index (χ2v) is 1.90. The zero-order chi connectivity index (χ0) is 8.81. The van der Waals surface area contributed by atoms with Gasteiger partial charge in [0.25, 0.3) is 0 Å². The summed E-state index contributed by atoms with van der Waals surface area (Å²) in [6.45, 7) is 0.0342. The third-order valence-electron chi connectivity index (χ3n) is 1.07. The van der Waals surface area contributed by atoms with Gasteiger partial charge < -0.3 is 4.42 Å². The van der Waals surface area contributed by atoms with Crippen molar-refractivity contribution in [3.8, 4) is 12.3 Å². The molecule has 0 unspecified atom stereocenters. The lowest BCUT2D eigenvalue weighted by atomic mass is 10.4. The second-order valence-electron chi connectivity index (χ2n) is 1.90. The Hall–Kier alpha value is -1.73. The van der Waals surface area contributed by atoms with E-state index in [-0.39, 0.29) is 12.4 Å². The minimum absolute atomic E-state index is 0.0342. The maximum atomic E-state index is 11.0. The van der Waals surface area contributed by atoms with Gasteiger partial charge in [-0.15, -0.1) is 6.42 Å². The summed E-state index contributed by atoms with van der Waals surface area (Å²) in [6, 6.07) is 3.13. The number of carbonyl (C=O) groups excluding carboxylic acids is 1. The average molecular weight is 165 g/mol. The Morgan fingerprint density at radius 2 is 2.67 bits per heavy atom. The molecule has 0 saturated heterocycles. The Kier molecular flexibility index (Phi) is 2.94. The Bertz CT molecular complexity index is 284. The number of hydroxylamine groups is 1. The zero-order valence-corrected chi connectivity index (χ0v) is 6.24. The van der Waals surface area contributed by atoms with Gasteiger partial charge in [-0.2, -0.15) is 0 Å². The third kappa shape index (κ3) is 2.15. The molecule has 1 heterocycles. The molecule has 0 aromatic carbocycles. The van der Waals surface area contributed by atoms with E-state index in [0.717, 1.165) is 0 Å². The molecule has 0 saturated carbocycles. The van der Waals surface area contributed by atoms with Gasteiger partial charge >= 0.3 is 5.91 Å². The first-order valence-electron chi connectivity index (χ1n) is 3.23. The Morgan fingerprint density at radius 3 is 3.25 bits per heavy atom. The van der Waals surface area contributed by atoms with Gasteiger partial charge in [-0.1, -0.05) is 5.92 Å². The molecule has 1 rings (SSSR count). The number of rotatable bonds is 3. The van der Waals surface area contributed by atoms with Crippen LogP contribution in [0.25, 0.3) is 0 Å². The number of terminal acetylenes is 1. The fraction of sp³-hybridized carbons (Fsp3) is 0.125. The number of hydrogen-bond donors (Lipinski definition) is 1. The minimum atomic E-state index is -0.449. The van der Waals surface area contributed by atoms with Crippen LogP contribution in [-0.2, 0) is 4.84 Å². The molecule has 1 amide bonds. The summed E-state index contributed by atoms with van der Waals surface area (Å²) in [5.41, 5.74) is 2.11. The number of carbonyl (C=O) groups is 1. The van der Waals surface area contributed by atoms with Crippen molar-refractivity contribution in [3.63, 3.8) is 0 Å². The van der Waals surface area contributed by atoms with Crippen LogP contribution in [0.15, 0.2) is 22.8 Å². The van der Waals surface area contributed by atoms with Crippen LogP contribution >= 0.6 is 0 Å². The van der Waals surface area contributed by atoms with Gasteiger partial charge in [0.05, 0.1) is 6.26 Å². The van der Waals surface area contributed by atoms with Crippen molar-refractivity contribution in [2.75, 3.05) is 6.61 Å². The fourth-order valence-corrected chi connectivity index (χ4v) is 0.601. The van der Waals surface area contributed by atoms with Crippen LogP contribution in [0.2, 0.25) is 0 Å². The van der Waals surface area contributed by atoms with Crippen molar-refractivity contribution in [2.45, 2.75) is 0 Å². The lowest BCUT2D eigenvalue weighted by molar-refractivity contribution is 0.0412. The highest BCUT2D eigenvalue weighted by Crippen LogP contribution is 1.98. The van der Waals surface area contributed by atoms with Crippen molar-refractivity contribution < 1.29 is 14.0 Å². The fourth-order valence-electron chi connectivity index (χ4n) is 0.601. The number of nitrogens with one attached hydrogen (secondary N) is 1. The van der Waals surface area contributed by atoms with E-state index in [9.17, 15) is 4.79 Å². The molecule has 62 valence electrons. The molecular weight excluding hydrogens is 158 g/mol. The summed E-state index contributed by atoms with van der Waals surface area (Å²) in [5, 5.41) is 0. The molecule has 4 heteroatoms. The van der Waals surface area contributed by atoms with E-state index in [1.165, 1.54) is 12.3 Å². The van der Waals surface area contributed by atoms with Crippen LogP contribution in [0.5, 0.6) is 0 Å². The molecule has 0 radical (unpaired) electrons. The van der Waals surface area contributed by atoms with Crippen LogP contribution in [0.1, 0.15) is 10.6 Å². The normalized spacial score (nSPS) is 8.92. The molecule has 4 nitrogen and oxygen atoms in total. The molecule has 0 bridgehead atoms. The molecule has 0 aliphatic heterocycles. The summed E-state index contributed by atoms with van der Waals surface area (Å²) >= 11 is 0. The monoisotopic (exact) mass is 165 g/mol. The quantitative estimate of drug-likeness (QED) is 0.405. The van der Waals surface area contributed by atoms with Crippen LogP contribution in [-0.4, -0.2) is 12.5 Å². The van der Waals surface area contributed by atoms with Crippen LogP contribution in [0.4, 0.5) is 0 Å². The van der Waals surface area contributed by atoms with Gasteiger partial charge in [0.1, 0.15) is 6.61 Å². The van der Waals surface area contributed by atoms with E-state index in [1.54, 1.807) is 6.07 Å². The number of amides is 1. The molecule has 1 aromatic rings. The highest BCUT2D eigenvalue weighted by Gasteiger charge is 2.06. The number of furan rings is 1. The first-order chi connectivity index (χ1) is 5.84. The molecule has 0 fully saturated rings. The predicted octanol–water partition coefficient (Wildman–Crippen LogP) is 0.574. The van der Waals surface area contributed by atoms with E-state index < -0.39 is 5.91 Å². The molecule has 0 spiro atoms. The Labute approximate surface area is 69.5 Å². The van der Waals surface area contributed by atoms with Gasteiger partial charge in [0.15, 0.2) is 5.76 Å². The van der Waals surface area contributed by atoms with E-state index in [2.05, 4.69) is 16.2 Å². The molecular formula is C8H7NO3. The highest BCUT2D eigenvalue weighted by atomic mass is 16.7. The highest BCUT2D eigenvalue weighted by molar-refractivity contribution is 5.90. The molecule has 12 heavy (non-hydrogen) atoms. The third-order valence-corrected chi connectivity index (χ3v) is 1.07. The topological polar surface area (TPSA) is 51.5 Å². The summed E-state index contributed by atoms with van der Waals surface area (Å²) in [7, 11) is 0. The lowest BCUT2D eigenvalue weighted by Crippen LogP contribution is -2.23. The molecule has 0 aliphatic rings. The van der Waals surface area contributed by atoms with Crippen molar-refractivity contribution in [1.82, 2.24) is 5.48 Å². The van der Waals surface area contributed by atoms with Crippen LogP contribution in [0.3, 0.4) is 0 Å². The zero-order valence-electron chi connectivity index (χ0n) is 6.24. The van der Waals surface area contributed by atoms with Gasteiger partial charge in [-0.25, -0.2) is 5.48 Å². The summed E-state index contributed by atoms with van der Waals surface area (Å²) in [4.78, 5) is 15.6. The Morgan fingerprint density at radius 1 is 1.83 bits per heavy atom. The van der Waals surface area contributed by atoms with Gasteiger partial charge in [0, 0.05) is 0 Å². The molecule has 1 N–H and O–H groups in total. The van der Waals surface area contributed by atoms with Gasteiger partial charge in [0.2, 0.25) is 0 Å². The second kappa shape index (κ2) is 4.21.